The topological polar surface area (TPSA) is 41.1 Å². The van der Waals surface area contributed by atoms with E-state index in [1.807, 2.05) is 0 Å². The van der Waals surface area contributed by atoms with E-state index in [4.69, 9.17) is 0 Å². The molecule has 3 saturated carbocycles. The molecular formula is C14H24N2O. The lowest BCUT2D eigenvalue weighted by molar-refractivity contribution is -0.121. The normalized spacial score (nSPS) is 24.1. The zero-order valence-electron chi connectivity index (χ0n) is 10.6. The van der Waals surface area contributed by atoms with E-state index < -0.39 is 0 Å². The highest BCUT2D eigenvalue weighted by Gasteiger charge is 2.40. The first-order valence-corrected chi connectivity index (χ1v) is 7.35. The second-order valence-electron chi connectivity index (χ2n) is 6.10. The lowest BCUT2D eigenvalue weighted by atomic mass is 10.1. The molecule has 0 aliphatic heterocycles. The third-order valence-corrected chi connectivity index (χ3v) is 4.16. The van der Waals surface area contributed by atoms with Crippen LogP contribution in [0.3, 0.4) is 0 Å². The van der Waals surface area contributed by atoms with Gasteiger partial charge in [0.05, 0.1) is 0 Å². The molecule has 17 heavy (non-hydrogen) atoms. The number of nitrogens with one attached hydrogen (secondary N) is 2. The summed E-state index contributed by atoms with van der Waals surface area (Å²) in [4.78, 5) is 11.5. The Bertz CT molecular complexity index is 268. The summed E-state index contributed by atoms with van der Waals surface area (Å²) in [6.45, 7) is 1.02. The van der Waals surface area contributed by atoms with Gasteiger partial charge in [0.1, 0.15) is 0 Å². The summed E-state index contributed by atoms with van der Waals surface area (Å²) in [5.41, 5.74) is 0. The van der Waals surface area contributed by atoms with Gasteiger partial charge < -0.3 is 10.6 Å². The van der Waals surface area contributed by atoms with Crippen molar-refractivity contribution in [3.63, 3.8) is 0 Å². The number of hydrogen-bond donors (Lipinski definition) is 2. The van der Waals surface area contributed by atoms with Crippen molar-refractivity contribution in [2.45, 2.75) is 63.5 Å². The van der Waals surface area contributed by atoms with Gasteiger partial charge in [0.25, 0.3) is 0 Å². The van der Waals surface area contributed by atoms with Crippen LogP contribution in [0.15, 0.2) is 0 Å². The Kier molecular flexibility index (Phi) is 3.37. The van der Waals surface area contributed by atoms with Crippen molar-refractivity contribution in [3.05, 3.63) is 0 Å². The summed E-state index contributed by atoms with van der Waals surface area (Å²) in [5.74, 6) is 2.18. The Balaban J connectivity index is 1.27. The van der Waals surface area contributed by atoms with E-state index in [1.54, 1.807) is 0 Å². The van der Waals surface area contributed by atoms with Crippen molar-refractivity contribution in [3.8, 4) is 0 Å². The molecule has 0 saturated heterocycles. The lowest BCUT2D eigenvalue weighted by Gasteiger charge is -2.17. The van der Waals surface area contributed by atoms with Gasteiger partial charge in [-0.1, -0.05) is 0 Å². The summed E-state index contributed by atoms with van der Waals surface area (Å²) in [6.07, 6.45) is 9.78. The Morgan fingerprint density at radius 3 is 2.24 bits per heavy atom. The smallest absolute Gasteiger partial charge is 0.220 e. The molecule has 0 radical (unpaired) electrons. The average Bonchev–Trinajstić information content (AvgIpc) is 3.12. The number of rotatable bonds is 8. The van der Waals surface area contributed by atoms with Gasteiger partial charge >= 0.3 is 0 Å². The van der Waals surface area contributed by atoms with Crippen molar-refractivity contribution in [1.29, 1.82) is 0 Å². The van der Waals surface area contributed by atoms with E-state index >= 15 is 0 Å². The summed E-state index contributed by atoms with van der Waals surface area (Å²) < 4.78 is 0. The van der Waals surface area contributed by atoms with Gasteiger partial charge in [-0.25, -0.2) is 0 Å². The second-order valence-corrected chi connectivity index (χ2v) is 6.10. The molecular weight excluding hydrogens is 212 g/mol. The second kappa shape index (κ2) is 4.97. The Morgan fingerprint density at radius 2 is 1.71 bits per heavy atom. The highest BCUT2D eigenvalue weighted by atomic mass is 16.1. The maximum atomic E-state index is 11.5. The van der Waals surface area contributed by atoms with E-state index in [9.17, 15) is 4.79 Å². The summed E-state index contributed by atoms with van der Waals surface area (Å²) in [6, 6.07) is 1.29. The zero-order chi connectivity index (χ0) is 11.7. The molecule has 3 fully saturated rings. The SMILES string of the molecule is O=C(CCCNC(C1CC1)C1CC1)NC1CC1. The fourth-order valence-corrected chi connectivity index (χ4v) is 2.67. The van der Waals surface area contributed by atoms with Crippen LogP contribution in [-0.4, -0.2) is 24.5 Å². The van der Waals surface area contributed by atoms with Crippen LogP contribution in [0.2, 0.25) is 0 Å². The molecule has 0 atom stereocenters. The van der Waals surface area contributed by atoms with Crippen LogP contribution in [0.25, 0.3) is 0 Å². The standard InChI is InChI=1S/C14H24N2O/c17-13(16-12-7-8-12)2-1-9-15-14(10-3-4-10)11-5-6-11/h10-12,14-15H,1-9H2,(H,16,17). The van der Waals surface area contributed by atoms with Gasteiger partial charge in [0.15, 0.2) is 0 Å². The Hall–Kier alpha value is -0.570. The number of carbonyl (C=O) groups excluding carboxylic acids is 1. The van der Waals surface area contributed by atoms with Gasteiger partial charge in [-0.05, 0) is 63.3 Å². The van der Waals surface area contributed by atoms with E-state index in [0.29, 0.717) is 12.5 Å². The molecule has 0 aromatic heterocycles. The number of amides is 1. The lowest BCUT2D eigenvalue weighted by Crippen LogP contribution is -2.34. The molecule has 0 aromatic carbocycles. The molecule has 3 aliphatic carbocycles. The molecule has 2 N–H and O–H groups in total. The van der Waals surface area contributed by atoms with Crippen molar-refractivity contribution < 1.29 is 4.79 Å². The van der Waals surface area contributed by atoms with E-state index in [1.165, 1.54) is 38.5 Å². The minimum absolute atomic E-state index is 0.253. The molecule has 0 spiro atoms. The van der Waals surface area contributed by atoms with Gasteiger partial charge in [-0.3, -0.25) is 4.79 Å². The van der Waals surface area contributed by atoms with Crippen LogP contribution in [0.1, 0.15) is 51.4 Å². The molecule has 0 bridgehead atoms. The first kappa shape index (κ1) is 11.5. The highest BCUT2D eigenvalue weighted by Crippen LogP contribution is 2.44. The molecule has 0 heterocycles. The molecule has 3 nitrogen and oxygen atoms in total. The molecule has 0 aromatic rings. The van der Waals surface area contributed by atoms with Gasteiger partial charge in [0, 0.05) is 18.5 Å². The van der Waals surface area contributed by atoms with E-state index in [2.05, 4.69) is 10.6 Å². The van der Waals surface area contributed by atoms with Crippen LogP contribution >= 0.6 is 0 Å². The first-order chi connectivity index (χ1) is 8.33. The molecule has 3 aliphatic rings. The van der Waals surface area contributed by atoms with Gasteiger partial charge in [-0.15, -0.1) is 0 Å². The third kappa shape index (κ3) is 3.70. The van der Waals surface area contributed by atoms with Crippen molar-refractivity contribution in [2.75, 3.05) is 6.54 Å². The summed E-state index contributed by atoms with van der Waals surface area (Å²) in [7, 11) is 0. The maximum absolute atomic E-state index is 11.5. The fraction of sp³-hybridized carbons (Fsp3) is 0.929. The minimum atomic E-state index is 0.253. The molecule has 3 rings (SSSR count). The fourth-order valence-electron chi connectivity index (χ4n) is 2.67. The molecule has 0 unspecified atom stereocenters. The van der Waals surface area contributed by atoms with Crippen LogP contribution in [0, 0.1) is 11.8 Å². The van der Waals surface area contributed by atoms with Crippen LogP contribution in [-0.2, 0) is 4.79 Å². The average molecular weight is 236 g/mol. The summed E-state index contributed by atoms with van der Waals surface area (Å²) in [5, 5.41) is 6.73. The molecule has 1 amide bonds. The quantitative estimate of drug-likeness (QED) is 0.631. The summed E-state index contributed by atoms with van der Waals surface area (Å²) >= 11 is 0. The predicted octanol–water partition coefficient (Wildman–Crippen LogP) is 1.82. The Labute approximate surface area is 104 Å². The monoisotopic (exact) mass is 236 g/mol. The van der Waals surface area contributed by atoms with Crippen LogP contribution in [0.4, 0.5) is 0 Å². The van der Waals surface area contributed by atoms with Crippen LogP contribution < -0.4 is 10.6 Å². The minimum Gasteiger partial charge on any atom is -0.353 e. The largest absolute Gasteiger partial charge is 0.353 e. The predicted molar refractivity (Wildman–Crippen MR) is 67.6 cm³/mol. The number of hydrogen-bond acceptors (Lipinski definition) is 2. The van der Waals surface area contributed by atoms with Crippen molar-refractivity contribution >= 4 is 5.91 Å². The Morgan fingerprint density at radius 1 is 1.06 bits per heavy atom. The molecule has 96 valence electrons. The number of carbonyl (C=O) groups is 1. The highest BCUT2D eigenvalue weighted by molar-refractivity contribution is 5.76. The third-order valence-electron chi connectivity index (χ3n) is 4.16. The van der Waals surface area contributed by atoms with Gasteiger partial charge in [-0.2, -0.15) is 0 Å². The first-order valence-electron chi connectivity index (χ1n) is 7.35. The molecule has 3 heteroatoms. The van der Waals surface area contributed by atoms with E-state index in [0.717, 1.165) is 30.8 Å². The van der Waals surface area contributed by atoms with Crippen LogP contribution in [0.5, 0.6) is 0 Å². The van der Waals surface area contributed by atoms with Gasteiger partial charge in [0.2, 0.25) is 5.91 Å². The van der Waals surface area contributed by atoms with E-state index in [-0.39, 0.29) is 5.91 Å². The maximum Gasteiger partial charge on any atom is 0.220 e. The van der Waals surface area contributed by atoms with Crippen molar-refractivity contribution in [1.82, 2.24) is 10.6 Å². The zero-order valence-corrected chi connectivity index (χ0v) is 10.6. The van der Waals surface area contributed by atoms with Crippen molar-refractivity contribution in [2.24, 2.45) is 11.8 Å².